The van der Waals surface area contributed by atoms with Gasteiger partial charge in [0.1, 0.15) is 6.61 Å². The van der Waals surface area contributed by atoms with E-state index in [-0.39, 0.29) is 16.9 Å². The number of rotatable bonds is 4. The van der Waals surface area contributed by atoms with E-state index in [1.807, 2.05) is 44.2 Å². The topological polar surface area (TPSA) is 49.8 Å². The summed E-state index contributed by atoms with van der Waals surface area (Å²) in [7, 11) is 0. The molecule has 2 aromatic rings. The highest BCUT2D eigenvalue weighted by Crippen LogP contribution is 2.38. The first-order chi connectivity index (χ1) is 12.5. The Morgan fingerprint density at radius 1 is 1.35 bits per heavy atom. The highest BCUT2D eigenvalue weighted by molar-refractivity contribution is 8.00. The molecule has 0 fully saturated rings. The van der Waals surface area contributed by atoms with Crippen LogP contribution in [0.2, 0.25) is 5.02 Å². The lowest BCUT2D eigenvalue weighted by Gasteiger charge is -2.23. The molecule has 0 saturated heterocycles. The van der Waals surface area contributed by atoms with Gasteiger partial charge in [0, 0.05) is 17.1 Å². The molecule has 2 aromatic carbocycles. The van der Waals surface area contributed by atoms with Crippen molar-refractivity contribution in [3.63, 3.8) is 0 Å². The molecule has 0 unspecified atom stereocenters. The Bertz CT molecular complexity index is 812. The van der Waals surface area contributed by atoms with Crippen LogP contribution in [-0.2, 0) is 11.3 Å². The number of aromatic hydroxyl groups is 1. The van der Waals surface area contributed by atoms with Crippen LogP contribution in [0.1, 0.15) is 19.4 Å². The average Bonchev–Trinajstić information content (AvgIpc) is 2.84. The molecule has 0 aliphatic carbocycles. The molecule has 0 spiro atoms. The maximum absolute atomic E-state index is 12.7. The van der Waals surface area contributed by atoms with Crippen molar-refractivity contribution in [3.05, 3.63) is 47.0 Å². The number of phenols is 1. The summed E-state index contributed by atoms with van der Waals surface area (Å²) in [5.41, 5.74) is 2.56. The first-order valence-electron chi connectivity index (χ1n) is 8.64. The van der Waals surface area contributed by atoms with Gasteiger partial charge in [-0.15, -0.1) is 11.8 Å². The summed E-state index contributed by atoms with van der Waals surface area (Å²) < 4.78 is 5.74. The van der Waals surface area contributed by atoms with E-state index < -0.39 is 0 Å². The number of benzene rings is 2. The van der Waals surface area contributed by atoms with E-state index in [2.05, 4.69) is 0 Å². The third-order valence-corrected chi connectivity index (χ3v) is 5.62. The Morgan fingerprint density at radius 3 is 2.88 bits per heavy atom. The van der Waals surface area contributed by atoms with Crippen LogP contribution >= 0.6 is 23.4 Å². The minimum absolute atomic E-state index is 0.0859. The largest absolute Gasteiger partial charge is 0.504 e. The van der Waals surface area contributed by atoms with E-state index in [1.54, 1.807) is 22.7 Å². The summed E-state index contributed by atoms with van der Waals surface area (Å²) >= 11 is 7.72. The van der Waals surface area contributed by atoms with Gasteiger partial charge in [0.2, 0.25) is 5.91 Å². The SMILES string of the molecule is CCS[C@H](C)C(=O)N1CCOc2c(O)cc(-c3cccc(Cl)c3)cc2C1. The maximum atomic E-state index is 12.7. The van der Waals surface area contributed by atoms with Crippen LogP contribution in [0.25, 0.3) is 11.1 Å². The zero-order chi connectivity index (χ0) is 18.7. The summed E-state index contributed by atoms with van der Waals surface area (Å²) in [6.45, 7) is 5.28. The Balaban J connectivity index is 1.93. The van der Waals surface area contributed by atoms with E-state index in [1.165, 1.54) is 0 Å². The van der Waals surface area contributed by atoms with Crippen molar-refractivity contribution in [2.75, 3.05) is 18.9 Å². The number of phenolic OH excluding ortho intramolecular Hbond substituents is 1. The van der Waals surface area contributed by atoms with Gasteiger partial charge in [-0.05, 0) is 48.1 Å². The van der Waals surface area contributed by atoms with Crippen molar-refractivity contribution in [2.24, 2.45) is 0 Å². The lowest BCUT2D eigenvalue weighted by molar-refractivity contribution is -0.131. The first-order valence-corrected chi connectivity index (χ1v) is 10.1. The molecule has 0 saturated carbocycles. The van der Waals surface area contributed by atoms with Gasteiger partial charge in [-0.2, -0.15) is 0 Å². The monoisotopic (exact) mass is 391 g/mol. The molecule has 26 heavy (non-hydrogen) atoms. The number of halogens is 1. The molecular formula is C20H22ClNO3S. The number of ether oxygens (including phenoxy) is 1. The van der Waals surface area contributed by atoms with E-state index in [4.69, 9.17) is 16.3 Å². The van der Waals surface area contributed by atoms with Gasteiger partial charge in [0.25, 0.3) is 0 Å². The van der Waals surface area contributed by atoms with Crippen molar-refractivity contribution in [3.8, 4) is 22.6 Å². The lowest BCUT2D eigenvalue weighted by Crippen LogP contribution is -2.37. The normalized spacial score (nSPS) is 15.0. The zero-order valence-corrected chi connectivity index (χ0v) is 16.4. The third kappa shape index (κ3) is 4.10. The molecule has 1 atom stereocenters. The molecule has 138 valence electrons. The number of nitrogens with zero attached hydrogens (tertiary/aromatic N) is 1. The second kappa shape index (κ2) is 8.23. The van der Waals surface area contributed by atoms with E-state index >= 15 is 0 Å². The predicted molar refractivity (Wildman–Crippen MR) is 107 cm³/mol. The summed E-state index contributed by atoms with van der Waals surface area (Å²) in [6.07, 6.45) is 0. The van der Waals surface area contributed by atoms with E-state index in [0.29, 0.717) is 30.5 Å². The molecule has 1 N–H and O–H groups in total. The highest BCUT2D eigenvalue weighted by Gasteiger charge is 2.25. The third-order valence-electron chi connectivity index (χ3n) is 4.35. The van der Waals surface area contributed by atoms with Gasteiger partial charge in [-0.3, -0.25) is 4.79 Å². The van der Waals surface area contributed by atoms with Crippen molar-refractivity contribution in [1.82, 2.24) is 4.90 Å². The lowest BCUT2D eigenvalue weighted by atomic mass is 10.0. The van der Waals surface area contributed by atoms with Gasteiger partial charge < -0.3 is 14.7 Å². The van der Waals surface area contributed by atoms with Crippen molar-refractivity contribution in [2.45, 2.75) is 25.6 Å². The van der Waals surface area contributed by atoms with E-state index in [0.717, 1.165) is 22.4 Å². The van der Waals surface area contributed by atoms with Crippen molar-refractivity contribution >= 4 is 29.3 Å². The number of thioether (sulfide) groups is 1. The molecule has 0 bridgehead atoms. The second-order valence-corrected chi connectivity index (χ2v) is 8.25. The fourth-order valence-corrected chi connectivity index (χ4v) is 4.08. The highest BCUT2D eigenvalue weighted by atomic mass is 35.5. The van der Waals surface area contributed by atoms with E-state index in [9.17, 15) is 9.90 Å². The van der Waals surface area contributed by atoms with Crippen LogP contribution in [0.4, 0.5) is 0 Å². The Morgan fingerprint density at radius 2 is 2.15 bits per heavy atom. The molecule has 6 heteroatoms. The fraction of sp³-hybridized carbons (Fsp3) is 0.350. The average molecular weight is 392 g/mol. The van der Waals surface area contributed by atoms with Crippen LogP contribution in [0.15, 0.2) is 36.4 Å². The fourth-order valence-electron chi connectivity index (χ4n) is 3.10. The van der Waals surface area contributed by atoms with Crippen LogP contribution in [0.5, 0.6) is 11.5 Å². The first kappa shape index (κ1) is 18.9. The Hall–Kier alpha value is -1.85. The van der Waals surface area contributed by atoms with Crippen LogP contribution in [-0.4, -0.2) is 40.1 Å². The molecule has 1 heterocycles. The summed E-state index contributed by atoms with van der Waals surface area (Å²) in [4.78, 5) is 14.5. The number of fused-ring (bicyclic) bond motifs is 1. The van der Waals surface area contributed by atoms with Gasteiger partial charge >= 0.3 is 0 Å². The molecule has 0 radical (unpaired) electrons. The Labute approximate surface area is 163 Å². The molecule has 1 aliphatic rings. The molecule has 3 rings (SSSR count). The number of hydrogen-bond donors (Lipinski definition) is 1. The van der Waals surface area contributed by atoms with Crippen molar-refractivity contribution in [1.29, 1.82) is 0 Å². The van der Waals surface area contributed by atoms with Gasteiger partial charge in [-0.25, -0.2) is 0 Å². The van der Waals surface area contributed by atoms with Gasteiger partial charge in [0.05, 0.1) is 11.8 Å². The Kier molecular flexibility index (Phi) is 5.99. The van der Waals surface area contributed by atoms with Crippen LogP contribution in [0.3, 0.4) is 0 Å². The minimum Gasteiger partial charge on any atom is -0.504 e. The molecule has 1 amide bonds. The van der Waals surface area contributed by atoms with Crippen molar-refractivity contribution < 1.29 is 14.6 Å². The molecule has 0 aromatic heterocycles. The number of carbonyl (C=O) groups is 1. The summed E-state index contributed by atoms with van der Waals surface area (Å²) in [5, 5.41) is 11.0. The zero-order valence-electron chi connectivity index (χ0n) is 14.9. The summed E-state index contributed by atoms with van der Waals surface area (Å²) in [5.74, 6) is 1.54. The predicted octanol–water partition coefficient (Wildman–Crippen LogP) is 4.58. The standard InChI is InChI=1S/C20H22ClNO3S/c1-3-26-13(2)20(24)22-7-8-25-19-16(12-22)9-15(11-18(19)23)14-5-4-6-17(21)10-14/h4-6,9-11,13,23H,3,7-8,12H2,1-2H3/t13-/m1/s1. The number of hydrogen-bond acceptors (Lipinski definition) is 4. The van der Waals surface area contributed by atoms with Gasteiger partial charge in [0.15, 0.2) is 11.5 Å². The number of carbonyl (C=O) groups excluding carboxylic acids is 1. The maximum Gasteiger partial charge on any atom is 0.235 e. The molecular weight excluding hydrogens is 370 g/mol. The minimum atomic E-state index is -0.0914. The van der Waals surface area contributed by atoms with Gasteiger partial charge in [-0.1, -0.05) is 30.7 Å². The molecule has 4 nitrogen and oxygen atoms in total. The van der Waals surface area contributed by atoms with Crippen LogP contribution in [0, 0.1) is 0 Å². The quantitative estimate of drug-likeness (QED) is 0.829. The van der Waals surface area contributed by atoms with Crippen LogP contribution < -0.4 is 4.74 Å². The number of amides is 1. The molecule has 1 aliphatic heterocycles. The summed E-state index contributed by atoms with van der Waals surface area (Å²) in [6, 6.07) is 11.1. The smallest absolute Gasteiger partial charge is 0.235 e. The second-order valence-electron chi connectivity index (χ2n) is 6.20.